The van der Waals surface area contributed by atoms with Crippen LogP contribution in [0, 0.1) is 5.82 Å². The normalized spacial score (nSPS) is 16.6. The second-order valence-corrected chi connectivity index (χ2v) is 8.82. The first-order valence-corrected chi connectivity index (χ1v) is 11.3. The average Bonchev–Trinajstić information content (AvgIpc) is 3.24. The molecular formula is C24H24FN3O3S. The van der Waals surface area contributed by atoms with E-state index >= 15 is 0 Å². The van der Waals surface area contributed by atoms with E-state index in [9.17, 15) is 19.1 Å². The number of nitrogens with zero attached hydrogens (tertiary/aromatic N) is 1. The minimum absolute atomic E-state index is 0.264. The number of hydrogen-bond donors (Lipinski definition) is 3. The van der Waals surface area contributed by atoms with Crippen molar-refractivity contribution in [3.63, 3.8) is 0 Å². The summed E-state index contributed by atoms with van der Waals surface area (Å²) in [7, 11) is 0. The second kappa shape index (κ2) is 9.60. The van der Waals surface area contributed by atoms with E-state index in [1.54, 1.807) is 41.8 Å². The Kier molecular flexibility index (Phi) is 6.64. The maximum absolute atomic E-state index is 14.6. The fourth-order valence-electron chi connectivity index (χ4n) is 3.90. The van der Waals surface area contributed by atoms with Crippen LogP contribution < -0.4 is 11.1 Å². The second-order valence-electron chi connectivity index (χ2n) is 7.90. The van der Waals surface area contributed by atoms with E-state index in [4.69, 9.17) is 5.73 Å². The van der Waals surface area contributed by atoms with Crippen LogP contribution in [-0.2, 0) is 6.54 Å². The number of carbonyl (C=O) groups is 2. The predicted molar refractivity (Wildman–Crippen MR) is 123 cm³/mol. The van der Waals surface area contributed by atoms with Crippen LogP contribution in [0.25, 0.3) is 11.1 Å². The molecule has 1 aromatic heterocycles. The zero-order valence-corrected chi connectivity index (χ0v) is 18.2. The number of hydrogen-bond acceptors (Lipinski definition) is 5. The van der Waals surface area contributed by atoms with Crippen molar-refractivity contribution in [1.82, 2.24) is 4.90 Å². The molecule has 0 aliphatic carbocycles. The van der Waals surface area contributed by atoms with Gasteiger partial charge >= 0.3 is 0 Å². The molecule has 1 aliphatic rings. The van der Waals surface area contributed by atoms with E-state index in [1.165, 1.54) is 17.4 Å². The minimum Gasteiger partial charge on any atom is -0.392 e. The number of thiophene rings is 1. The first kappa shape index (κ1) is 22.1. The number of likely N-dealkylation sites (tertiary alicyclic amines) is 1. The van der Waals surface area contributed by atoms with Crippen LogP contribution in [0.1, 0.15) is 39.1 Å². The predicted octanol–water partition coefficient (Wildman–Crippen LogP) is 3.86. The van der Waals surface area contributed by atoms with E-state index in [-0.39, 0.29) is 23.4 Å². The maximum atomic E-state index is 14.6. The number of primary amides is 1. The highest BCUT2D eigenvalue weighted by Gasteiger charge is 2.18. The molecule has 32 heavy (non-hydrogen) atoms. The molecule has 2 amide bonds. The Bertz CT molecular complexity index is 1130. The van der Waals surface area contributed by atoms with Crippen molar-refractivity contribution >= 4 is 28.2 Å². The Morgan fingerprint density at radius 2 is 1.97 bits per heavy atom. The van der Waals surface area contributed by atoms with E-state index in [0.717, 1.165) is 24.9 Å². The van der Waals surface area contributed by atoms with Crippen LogP contribution in [0.15, 0.2) is 53.9 Å². The largest absolute Gasteiger partial charge is 0.392 e. The van der Waals surface area contributed by atoms with Gasteiger partial charge in [-0.05, 0) is 66.2 Å². The molecule has 0 saturated carbocycles. The van der Waals surface area contributed by atoms with Gasteiger partial charge in [-0.25, -0.2) is 4.39 Å². The number of aliphatic hydroxyl groups excluding tert-OH is 1. The van der Waals surface area contributed by atoms with Crippen molar-refractivity contribution in [3.8, 4) is 11.1 Å². The Labute approximate surface area is 189 Å². The summed E-state index contributed by atoms with van der Waals surface area (Å²) in [6.45, 7) is 2.18. The molecule has 1 aliphatic heterocycles. The summed E-state index contributed by atoms with van der Waals surface area (Å²) < 4.78 is 14.6. The molecule has 2 aromatic carbocycles. The van der Waals surface area contributed by atoms with Gasteiger partial charge in [-0.15, -0.1) is 11.3 Å². The van der Waals surface area contributed by atoms with Gasteiger partial charge in [0.15, 0.2) is 0 Å². The van der Waals surface area contributed by atoms with Gasteiger partial charge in [-0.1, -0.05) is 18.2 Å². The number of nitrogens with two attached hydrogens (primary N) is 1. The number of benzene rings is 2. The lowest BCUT2D eigenvalue weighted by Crippen LogP contribution is -2.37. The van der Waals surface area contributed by atoms with Gasteiger partial charge in [-0.3, -0.25) is 14.5 Å². The summed E-state index contributed by atoms with van der Waals surface area (Å²) in [5.74, 6) is -1.32. The Hall–Kier alpha value is -3.07. The fraction of sp³-hybridized carbons (Fsp3) is 0.250. The molecule has 166 valence electrons. The number of anilines is 1. The van der Waals surface area contributed by atoms with Crippen LogP contribution in [0.3, 0.4) is 0 Å². The van der Waals surface area contributed by atoms with Gasteiger partial charge in [0.25, 0.3) is 11.8 Å². The highest BCUT2D eigenvalue weighted by molar-refractivity contribution is 7.14. The number of nitrogens with one attached hydrogen (secondary N) is 1. The van der Waals surface area contributed by atoms with Gasteiger partial charge in [0, 0.05) is 24.2 Å². The molecule has 1 fully saturated rings. The maximum Gasteiger partial charge on any atom is 0.256 e. The third kappa shape index (κ3) is 5.04. The van der Waals surface area contributed by atoms with Crippen molar-refractivity contribution in [1.29, 1.82) is 0 Å². The van der Waals surface area contributed by atoms with E-state index in [1.807, 2.05) is 6.07 Å². The number of carbonyl (C=O) groups excluding carboxylic acids is 2. The Balaban J connectivity index is 1.49. The molecule has 2 heterocycles. The number of β-amino-alcohol motifs (C(OH)–C–C–N with tert-alkyl or cyclic N) is 1. The highest BCUT2D eigenvalue weighted by Crippen LogP contribution is 2.27. The summed E-state index contributed by atoms with van der Waals surface area (Å²) >= 11 is 1.22. The molecule has 3 aromatic rings. The lowest BCUT2D eigenvalue weighted by atomic mass is 10.00. The van der Waals surface area contributed by atoms with Crippen molar-refractivity contribution in [3.05, 3.63) is 76.4 Å². The monoisotopic (exact) mass is 453 g/mol. The number of rotatable bonds is 6. The zero-order chi connectivity index (χ0) is 22.7. The first-order chi connectivity index (χ1) is 15.4. The summed E-state index contributed by atoms with van der Waals surface area (Å²) in [4.78, 5) is 26.1. The molecule has 1 unspecified atom stereocenters. The van der Waals surface area contributed by atoms with Crippen molar-refractivity contribution in [2.45, 2.75) is 25.5 Å². The molecule has 4 N–H and O–H groups in total. The summed E-state index contributed by atoms with van der Waals surface area (Å²) in [6, 6.07) is 13.2. The molecule has 6 nitrogen and oxygen atoms in total. The smallest absolute Gasteiger partial charge is 0.256 e. The zero-order valence-electron chi connectivity index (χ0n) is 17.4. The Morgan fingerprint density at radius 3 is 2.69 bits per heavy atom. The van der Waals surface area contributed by atoms with Gasteiger partial charge in [0.1, 0.15) is 10.8 Å². The van der Waals surface area contributed by atoms with E-state index in [0.29, 0.717) is 34.8 Å². The third-order valence-electron chi connectivity index (χ3n) is 5.53. The molecule has 4 rings (SSSR count). The van der Waals surface area contributed by atoms with Crippen LogP contribution in [0.2, 0.25) is 0 Å². The molecule has 0 bridgehead atoms. The topological polar surface area (TPSA) is 95.7 Å². The number of aliphatic hydroxyl groups is 1. The SMILES string of the molecule is NC(=O)c1ccsc1NC(=O)c1ccc(-c2cc(CN3CCCC(O)C3)ccc2F)cc1. The molecule has 1 saturated heterocycles. The number of amides is 2. The van der Waals surface area contributed by atoms with Crippen molar-refractivity contribution < 1.29 is 19.1 Å². The van der Waals surface area contributed by atoms with Crippen molar-refractivity contribution in [2.24, 2.45) is 5.73 Å². The molecule has 1 atom stereocenters. The minimum atomic E-state index is -0.605. The van der Waals surface area contributed by atoms with Crippen LogP contribution >= 0.6 is 11.3 Å². The highest BCUT2D eigenvalue weighted by atomic mass is 32.1. The summed E-state index contributed by atoms with van der Waals surface area (Å²) in [5.41, 5.74) is 8.05. The van der Waals surface area contributed by atoms with E-state index in [2.05, 4.69) is 10.2 Å². The lowest BCUT2D eigenvalue weighted by Gasteiger charge is -2.30. The standard InChI is InChI=1S/C24H24FN3O3S/c25-21-8-3-15(13-28-10-1-2-18(29)14-28)12-20(21)16-4-6-17(7-5-16)23(31)27-24-19(22(26)30)9-11-32-24/h3-9,11-12,18,29H,1-2,10,13-14H2,(H2,26,30)(H,27,31). The molecule has 0 spiro atoms. The Morgan fingerprint density at radius 1 is 1.19 bits per heavy atom. The molecular weight excluding hydrogens is 429 g/mol. The number of piperidine rings is 1. The van der Waals surface area contributed by atoms with Gasteiger partial charge in [0.05, 0.1) is 11.7 Å². The van der Waals surface area contributed by atoms with Crippen LogP contribution in [0.5, 0.6) is 0 Å². The lowest BCUT2D eigenvalue weighted by molar-refractivity contribution is 0.0668. The quantitative estimate of drug-likeness (QED) is 0.528. The first-order valence-electron chi connectivity index (χ1n) is 10.4. The van der Waals surface area contributed by atoms with Gasteiger partial charge < -0.3 is 16.2 Å². The van der Waals surface area contributed by atoms with Crippen LogP contribution in [-0.4, -0.2) is 41.0 Å². The molecule has 8 heteroatoms. The fourth-order valence-corrected chi connectivity index (χ4v) is 4.69. The van der Waals surface area contributed by atoms with Gasteiger partial charge in [-0.2, -0.15) is 0 Å². The third-order valence-corrected chi connectivity index (χ3v) is 6.36. The van der Waals surface area contributed by atoms with Crippen molar-refractivity contribution in [2.75, 3.05) is 18.4 Å². The van der Waals surface area contributed by atoms with Gasteiger partial charge in [0.2, 0.25) is 0 Å². The van der Waals surface area contributed by atoms with Crippen LogP contribution in [0.4, 0.5) is 9.39 Å². The molecule has 0 radical (unpaired) electrons. The summed E-state index contributed by atoms with van der Waals surface area (Å²) in [5, 5.41) is 14.6. The van der Waals surface area contributed by atoms with E-state index < -0.39 is 5.91 Å². The number of halogens is 1. The average molecular weight is 454 g/mol. The summed E-state index contributed by atoms with van der Waals surface area (Å²) in [6.07, 6.45) is 1.46.